The standard InChI is InChI=1S/C11H11ClO4/c1-3-16-11(14)8-4-7(15-2)5-10(12)9(8)6-13/h4-6H,3H2,1-2H3. The van der Waals surface area contributed by atoms with E-state index in [0.717, 1.165) is 0 Å². The van der Waals surface area contributed by atoms with Crippen molar-refractivity contribution in [1.82, 2.24) is 0 Å². The highest BCUT2D eigenvalue weighted by Crippen LogP contribution is 2.26. The van der Waals surface area contributed by atoms with Crippen LogP contribution in [0.25, 0.3) is 0 Å². The summed E-state index contributed by atoms with van der Waals surface area (Å²) in [6.07, 6.45) is 0.522. The van der Waals surface area contributed by atoms with Gasteiger partial charge in [0.05, 0.1) is 24.3 Å². The van der Waals surface area contributed by atoms with Crippen molar-refractivity contribution in [2.75, 3.05) is 13.7 Å². The molecule has 5 heteroatoms. The molecule has 1 aromatic rings. The maximum absolute atomic E-state index is 11.5. The van der Waals surface area contributed by atoms with E-state index in [2.05, 4.69) is 0 Å². The first-order chi connectivity index (χ1) is 7.63. The summed E-state index contributed by atoms with van der Waals surface area (Å²) in [5.74, 6) is -0.191. The molecular weight excluding hydrogens is 232 g/mol. The molecule has 0 saturated carbocycles. The highest BCUT2D eigenvalue weighted by molar-refractivity contribution is 6.33. The van der Waals surface area contributed by atoms with E-state index in [-0.39, 0.29) is 22.8 Å². The van der Waals surface area contributed by atoms with Crippen molar-refractivity contribution in [1.29, 1.82) is 0 Å². The maximum Gasteiger partial charge on any atom is 0.339 e. The van der Waals surface area contributed by atoms with Crippen LogP contribution in [0.15, 0.2) is 12.1 Å². The van der Waals surface area contributed by atoms with E-state index in [9.17, 15) is 9.59 Å². The van der Waals surface area contributed by atoms with Crippen molar-refractivity contribution in [2.45, 2.75) is 6.92 Å². The van der Waals surface area contributed by atoms with Crippen molar-refractivity contribution in [3.05, 3.63) is 28.3 Å². The van der Waals surface area contributed by atoms with E-state index in [4.69, 9.17) is 21.1 Å². The number of hydrogen-bond donors (Lipinski definition) is 0. The van der Waals surface area contributed by atoms with E-state index in [0.29, 0.717) is 12.0 Å². The second-order valence-corrected chi connectivity index (χ2v) is 3.32. The topological polar surface area (TPSA) is 52.6 Å². The molecule has 0 radical (unpaired) electrons. The number of carbonyl (C=O) groups is 2. The summed E-state index contributed by atoms with van der Waals surface area (Å²) in [6, 6.07) is 2.89. The van der Waals surface area contributed by atoms with E-state index >= 15 is 0 Å². The SMILES string of the molecule is CCOC(=O)c1cc(OC)cc(Cl)c1C=O. The number of carbonyl (C=O) groups excluding carboxylic acids is 2. The summed E-state index contributed by atoms with van der Waals surface area (Å²) in [5.41, 5.74) is 0.224. The Morgan fingerprint density at radius 1 is 1.50 bits per heavy atom. The molecule has 0 fully saturated rings. The number of ether oxygens (including phenoxy) is 2. The molecule has 0 saturated heterocycles. The van der Waals surface area contributed by atoms with Gasteiger partial charge in [0, 0.05) is 5.56 Å². The van der Waals surface area contributed by atoms with Gasteiger partial charge in [-0.2, -0.15) is 0 Å². The second-order valence-electron chi connectivity index (χ2n) is 2.91. The summed E-state index contributed by atoms with van der Waals surface area (Å²) >= 11 is 5.84. The number of aldehydes is 1. The molecule has 86 valence electrons. The first-order valence-electron chi connectivity index (χ1n) is 4.63. The minimum atomic E-state index is -0.592. The zero-order valence-corrected chi connectivity index (χ0v) is 9.71. The summed E-state index contributed by atoms with van der Waals surface area (Å²) in [7, 11) is 1.45. The van der Waals surface area contributed by atoms with Crippen LogP contribution in [0.5, 0.6) is 5.75 Å². The fourth-order valence-electron chi connectivity index (χ4n) is 1.21. The number of methoxy groups -OCH3 is 1. The third kappa shape index (κ3) is 2.52. The molecule has 1 aromatic carbocycles. The van der Waals surface area contributed by atoms with Gasteiger partial charge in [-0.05, 0) is 19.1 Å². The van der Waals surface area contributed by atoms with Crippen LogP contribution in [0.3, 0.4) is 0 Å². The van der Waals surface area contributed by atoms with Gasteiger partial charge < -0.3 is 9.47 Å². The number of hydrogen-bond acceptors (Lipinski definition) is 4. The monoisotopic (exact) mass is 242 g/mol. The van der Waals surface area contributed by atoms with Crippen LogP contribution in [0, 0.1) is 0 Å². The Balaban J connectivity index is 3.27. The minimum Gasteiger partial charge on any atom is -0.497 e. The Kier molecular flexibility index (Phi) is 4.31. The van der Waals surface area contributed by atoms with Crippen molar-refractivity contribution in [3.63, 3.8) is 0 Å². The lowest BCUT2D eigenvalue weighted by atomic mass is 10.1. The van der Waals surface area contributed by atoms with Crippen LogP contribution in [-0.2, 0) is 4.74 Å². The Hall–Kier alpha value is -1.55. The molecule has 1 rings (SSSR count). The average Bonchev–Trinajstić information content (AvgIpc) is 2.28. The molecule has 0 aliphatic heterocycles. The van der Waals surface area contributed by atoms with E-state index in [1.54, 1.807) is 6.92 Å². The fraction of sp³-hybridized carbons (Fsp3) is 0.273. The molecule has 0 unspecified atom stereocenters. The smallest absolute Gasteiger partial charge is 0.339 e. The van der Waals surface area contributed by atoms with Gasteiger partial charge in [0.15, 0.2) is 6.29 Å². The Morgan fingerprint density at radius 3 is 2.69 bits per heavy atom. The molecule has 0 N–H and O–H groups in total. The number of halogens is 1. The molecule has 0 amide bonds. The molecule has 0 aliphatic carbocycles. The third-order valence-corrected chi connectivity index (χ3v) is 2.26. The first-order valence-corrected chi connectivity index (χ1v) is 5.01. The van der Waals surface area contributed by atoms with Crippen LogP contribution in [-0.4, -0.2) is 26.0 Å². The van der Waals surface area contributed by atoms with Crippen molar-refractivity contribution >= 4 is 23.9 Å². The molecule has 0 aromatic heterocycles. The molecule has 0 heterocycles. The average molecular weight is 243 g/mol. The largest absolute Gasteiger partial charge is 0.497 e. The van der Waals surface area contributed by atoms with Crippen molar-refractivity contribution < 1.29 is 19.1 Å². The van der Waals surface area contributed by atoms with Gasteiger partial charge in [-0.25, -0.2) is 4.79 Å². The highest BCUT2D eigenvalue weighted by atomic mass is 35.5. The summed E-state index contributed by atoms with van der Waals surface area (Å²) in [4.78, 5) is 22.4. The molecule has 4 nitrogen and oxygen atoms in total. The molecule has 0 atom stereocenters. The Morgan fingerprint density at radius 2 is 2.19 bits per heavy atom. The predicted molar refractivity (Wildman–Crippen MR) is 59.3 cm³/mol. The first kappa shape index (κ1) is 12.5. The predicted octanol–water partition coefficient (Wildman–Crippen LogP) is 2.34. The molecular formula is C11H11ClO4. The quantitative estimate of drug-likeness (QED) is 0.601. The molecule has 0 aliphatic rings. The second kappa shape index (κ2) is 5.51. The van der Waals surface area contributed by atoms with E-state index in [1.807, 2.05) is 0 Å². The number of esters is 1. The summed E-state index contributed by atoms with van der Waals surface area (Å²) in [6.45, 7) is 1.91. The van der Waals surface area contributed by atoms with Gasteiger partial charge in [-0.1, -0.05) is 11.6 Å². The van der Waals surface area contributed by atoms with Gasteiger partial charge in [-0.15, -0.1) is 0 Å². The van der Waals surface area contributed by atoms with Gasteiger partial charge in [-0.3, -0.25) is 4.79 Å². The Bertz CT molecular complexity index is 415. The van der Waals surface area contributed by atoms with E-state index < -0.39 is 5.97 Å². The molecule has 0 bridgehead atoms. The van der Waals surface area contributed by atoms with Crippen LogP contribution >= 0.6 is 11.6 Å². The molecule has 16 heavy (non-hydrogen) atoms. The summed E-state index contributed by atoms with van der Waals surface area (Å²) in [5, 5.41) is 0.164. The normalized spacial score (nSPS) is 9.69. The number of rotatable bonds is 4. The van der Waals surface area contributed by atoms with Gasteiger partial charge in [0.25, 0.3) is 0 Å². The lowest BCUT2D eigenvalue weighted by Crippen LogP contribution is -2.08. The van der Waals surface area contributed by atoms with Crippen LogP contribution < -0.4 is 4.74 Å². The third-order valence-electron chi connectivity index (χ3n) is 1.95. The lowest BCUT2D eigenvalue weighted by Gasteiger charge is -2.08. The Labute approximate surface area is 98.1 Å². The highest BCUT2D eigenvalue weighted by Gasteiger charge is 2.16. The van der Waals surface area contributed by atoms with Crippen LogP contribution in [0.2, 0.25) is 5.02 Å². The van der Waals surface area contributed by atoms with Crippen LogP contribution in [0.1, 0.15) is 27.6 Å². The van der Waals surface area contributed by atoms with E-state index in [1.165, 1.54) is 19.2 Å². The lowest BCUT2D eigenvalue weighted by molar-refractivity contribution is 0.0524. The molecule has 0 spiro atoms. The van der Waals surface area contributed by atoms with Crippen molar-refractivity contribution in [2.24, 2.45) is 0 Å². The van der Waals surface area contributed by atoms with Gasteiger partial charge in [0.1, 0.15) is 5.75 Å². The zero-order valence-electron chi connectivity index (χ0n) is 8.95. The maximum atomic E-state index is 11.5. The number of benzene rings is 1. The van der Waals surface area contributed by atoms with Crippen LogP contribution in [0.4, 0.5) is 0 Å². The zero-order chi connectivity index (χ0) is 12.1. The van der Waals surface area contributed by atoms with Crippen molar-refractivity contribution in [3.8, 4) is 5.75 Å². The fourth-order valence-corrected chi connectivity index (χ4v) is 1.46. The van der Waals surface area contributed by atoms with Gasteiger partial charge in [0.2, 0.25) is 0 Å². The minimum absolute atomic E-state index is 0.112. The summed E-state index contributed by atoms with van der Waals surface area (Å²) < 4.78 is 9.77. The van der Waals surface area contributed by atoms with Gasteiger partial charge >= 0.3 is 5.97 Å².